The van der Waals surface area contributed by atoms with E-state index in [1.807, 2.05) is 36.4 Å². The molecule has 4 aromatic heterocycles. The van der Waals surface area contributed by atoms with Crippen molar-refractivity contribution in [2.24, 2.45) is 0 Å². The van der Waals surface area contributed by atoms with Gasteiger partial charge >= 0.3 is 0 Å². The quantitative estimate of drug-likeness (QED) is 0.142. The van der Waals surface area contributed by atoms with Gasteiger partial charge in [-0.2, -0.15) is 0 Å². The molecule has 4 nitrogen and oxygen atoms in total. The lowest BCUT2D eigenvalue weighted by molar-refractivity contribution is 0.668. The highest BCUT2D eigenvalue weighted by atomic mass is 16.3. The number of furan rings is 4. The van der Waals surface area contributed by atoms with Crippen LogP contribution in [0.3, 0.4) is 0 Å². The van der Waals surface area contributed by atoms with Gasteiger partial charge in [-0.1, -0.05) is 303 Å². The molecule has 0 aliphatic heterocycles. The van der Waals surface area contributed by atoms with Gasteiger partial charge in [0.1, 0.15) is 44.7 Å². The van der Waals surface area contributed by atoms with Crippen molar-refractivity contribution in [3.8, 4) is 89.0 Å². The monoisotopic (exact) mass is 1420 g/mol. The third kappa shape index (κ3) is 10.1. The van der Waals surface area contributed by atoms with Gasteiger partial charge < -0.3 is 17.7 Å². The average Bonchev–Trinajstić information content (AvgIpc) is 1.59. The fourth-order valence-corrected chi connectivity index (χ4v) is 18.3. The third-order valence-corrected chi connectivity index (χ3v) is 23.4. The maximum absolute atomic E-state index is 6.42. The normalized spacial score (nSPS) is 11.9. The summed E-state index contributed by atoms with van der Waals surface area (Å²) in [7, 11) is 0. The summed E-state index contributed by atoms with van der Waals surface area (Å²) in [6.07, 6.45) is 0. The Morgan fingerprint density at radius 1 is 0.125 bits per heavy atom. The first-order chi connectivity index (χ1) is 55.5. The molecular weight excluding hydrogens is 1360 g/mol. The minimum atomic E-state index is 0.892. The molecule has 4 heterocycles. The van der Waals surface area contributed by atoms with E-state index in [1.54, 1.807) is 0 Å². The van der Waals surface area contributed by atoms with Crippen LogP contribution in [0.15, 0.2) is 406 Å². The molecule has 0 atom stereocenters. The van der Waals surface area contributed by atoms with Gasteiger partial charge in [-0.25, -0.2) is 0 Å². The summed E-state index contributed by atoms with van der Waals surface area (Å²) < 4.78 is 25.4. The van der Waals surface area contributed by atoms with Crippen LogP contribution in [0.5, 0.6) is 0 Å². The van der Waals surface area contributed by atoms with Gasteiger partial charge in [0.25, 0.3) is 0 Å². The Balaban J connectivity index is 0.000000134. The Morgan fingerprint density at radius 2 is 0.411 bits per heavy atom. The highest BCUT2D eigenvalue weighted by Gasteiger charge is 2.24. The molecule has 0 unspecified atom stereocenters. The zero-order chi connectivity index (χ0) is 73.5. The maximum atomic E-state index is 6.42. The summed E-state index contributed by atoms with van der Waals surface area (Å²) in [4.78, 5) is 0. The zero-order valence-electron chi connectivity index (χ0n) is 60.6. The molecular formula is C108H64O4. The zero-order valence-corrected chi connectivity index (χ0v) is 60.6. The second kappa shape index (κ2) is 25.4. The summed E-state index contributed by atoms with van der Waals surface area (Å²) in [6.45, 7) is 0. The smallest absolute Gasteiger partial charge is 0.136 e. The van der Waals surface area contributed by atoms with Crippen LogP contribution in [0, 0.1) is 0 Å². The molecule has 0 aliphatic carbocycles. The summed E-state index contributed by atoms with van der Waals surface area (Å²) in [5.74, 6) is 0. The van der Waals surface area contributed by atoms with Crippen LogP contribution in [0.25, 0.3) is 241 Å². The fourth-order valence-electron chi connectivity index (χ4n) is 18.3. The molecule has 24 rings (SSSR count). The fraction of sp³-hybridized carbons (Fsp3) is 0. The van der Waals surface area contributed by atoms with Gasteiger partial charge in [-0.05, 0) is 239 Å². The predicted octanol–water partition coefficient (Wildman–Crippen LogP) is 31.2. The molecule has 0 fully saturated rings. The first-order valence-electron chi connectivity index (χ1n) is 38.3. The molecule has 0 amide bonds. The number of fused-ring (bicyclic) bond motifs is 18. The van der Waals surface area contributed by atoms with E-state index in [4.69, 9.17) is 17.7 Å². The molecule has 0 spiro atoms. The molecule has 0 saturated heterocycles. The van der Waals surface area contributed by atoms with Gasteiger partial charge in [-0.3, -0.25) is 0 Å². The molecule has 0 aliphatic rings. The van der Waals surface area contributed by atoms with Crippen LogP contribution < -0.4 is 0 Å². The van der Waals surface area contributed by atoms with Crippen LogP contribution in [0.4, 0.5) is 0 Å². The molecule has 20 aromatic carbocycles. The molecule has 24 aromatic rings. The van der Waals surface area contributed by atoms with E-state index in [2.05, 4.69) is 352 Å². The van der Waals surface area contributed by atoms with Crippen LogP contribution in [0.2, 0.25) is 0 Å². The minimum Gasteiger partial charge on any atom is -0.456 e. The molecule has 112 heavy (non-hydrogen) atoms. The second-order valence-electron chi connectivity index (χ2n) is 29.5. The average molecular weight is 1430 g/mol. The molecule has 0 saturated carbocycles. The molecule has 520 valence electrons. The molecule has 0 N–H and O–H groups in total. The number of hydrogen-bond acceptors (Lipinski definition) is 4. The highest BCUT2D eigenvalue weighted by Crippen LogP contribution is 2.51. The highest BCUT2D eigenvalue weighted by molar-refractivity contribution is 6.27. The number of rotatable bonds is 8. The van der Waals surface area contributed by atoms with Crippen molar-refractivity contribution in [1.82, 2.24) is 0 Å². The van der Waals surface area contributed by atoms with Crippen LogP contribution in [-0.4, -0.2) is 0 Å². The lowest BCUT2D eigenvalue weighted by Crippen LogP contribution is -1.92. The van der Waals surface area contributed by atoms with Gasteiger partial charge in [-0.15, -0.1) is 0 Å². The van der Waals surface area contributed by atoms with Crippen molar-refractivity contribution in [1.29, 1.82) is 0 Å². The van der Waals surface area contributed by atoms with Crippen molar-refractivity contribution in [2.75, 3.05) is 0 Å². The van der Waals surface area contributed by atoms with E-state index in [9.17, 15) is 0 Å². The van der Waals surface area contributed by atoms with Crippen molar-refractivity contribution in [3.63, 3.8) is 0 Å². The van der Waals surface area contributed by atoms with Crippen LogP contribution in [-0.2, 0) is 0 Å². The molecule has 0 bridgehead atoms. The van der Waals surface area contributed by atoms with Gasteiger partial charge in [0.05, 0.1) is 0 Å². The van der Waals surface area contributed by atoms with E-state index in [-0.39, 0.29) is 0 Å². The SMILES string of the molecule is c1ccc(-c2ccc3cccc(-c4c5cccc(-c6ccc7oc8ccccc8c7c6)c5cc5c(-c6ccc7oc8ccccc8c7c6)cccc45)c3c2)cc1.c1ccc(-c2ccc3cccc(-c4c5cccc(-c6cccc7oc8ccccc8c67)c5cc5c(-c6cccc7oc8ccccc8c67)cccc45)c3c2)cc1. The Morgan fingerprint density at radius 3 is 0.839 bits per heavy atom. The van der Waals surface area contributed by atoms with E-state index in [0.717, 1.165) is 110 Å². The number of para-hydroxylation sites is 4. The van der Waals surface area contributed by atoms with Gasteiger partial charge in [0.2, 0.25) is 0 Å². The van der Waals surface area contributed by atoms with Gasteiger partial charge in [0, 0.05) is 43.1 Å². The standard InChI is InChI=1S/2C54H32O2/c1-2-13-33(14-3-1)35-30-29-34-15-8-20-40(45(34)31-35)52-41-21-9-18-36(38-23-11-27-50-53(38)43-16-4-6-25-48(43)55-50)46(41)32-47-37(19-10-22-42(47)52)39-24-12-28-51-54(39)44-17-5-7-26-49(44)56-51;1-2-11-33(12-3-1)35-24-23-34-13-8-18-42(45(34)29-35)54-43-19-9-16-38(36-25-27-52-48(30-36)40-14-4-6-21-50(40)55-52)46(43)32-47-39(17-10-20-44(47)54)37-26-28-53-49(31-37)41-15-5-7-22-51(41)56-53/h2*1-32H. The second-order valence-corrected chi connectivity index (χ2v) is 29.5. The largest absolute Gasteiger partial charge is 0.456 e. The first kappa shape index (κ1) is 63.3. The Kier molecular flexibility index (Phi) is 14.3. The third-order valence-electron chi connectivity index (χ3n) is 23.4. The van der Waals surface area contributed by atoms with Crippen molar-refractivity contribution >= 4 is 152 Å². The van der Waals surface area contributed by atoms with Crippen molar-refractivity contribution in [3.05, 3.63) is 388 Å². The Labute approximate surface area is 643 Å². The van der Waals surface area contributed by atoms with Crippen LogP contribution >= 0.6 is 0 Å². The number of hydrogen-bond donors (Lipinski definition) is 0. The van der Waals surface area contributed by atoms with Gasteiger partial charge in [0.15, 0.2) is 0 Å². The van der Waals surface area contributed by atoms with E-state index in [0.29, 0.717) is 0 Å². The summed E-state index contributed by atoms with van der Waals surface area (Å²) in [5, 5.41) is 23.6. The summed E-state index contributed by atoms with van der Waals surface area (Å²) in [6, 6.07) is 140. The number of benzene rings is 20. The summed E-state index contributed by atoms with van der Waals surface area (Å²) in [5.41, 5.74) is 26.3. The Bertz CT molecular complexity index is 7660. The first-order valence-corrected chi connectivity index (χ1v) is 38.3. The van der Waals surface area contributed by atoms with E-state index in [1.165, 1.54) is 131 Å². The van der Waals surface area contributed by atoms with E-state index < -0.39 is 0 Å². The lowest BCUT2D eigenvalue weighted by atomic mass is 9.84. The van der Waals surface area contributed by atoms with Crippen molar-refractivity contribution in [2.45, 2.75) is 0 Å². The van der Waals surface area contributed by atoms with E-state index >= 15 is 0 Å². The lowest BCUT2D eigenvalue weighted by Gasteiger charge is -2.19. The Hall–Kier alpha value is -14.8. The van der Waals surface area contributed by atoms with Crippen LogP contribution in [0.1, 0.15) is 0 Å². The van der Waals surface area contributed by atoms with Crippen molar-refractivity contribution < 1.29 is 17.7 Å². The minimum absolute atomic E-state index is 0.892. The predicted molar refractivity (Wildman–Crippen MR) is 471 cm³/mol. The molecule has 4 heteroatoms. The summed E-state index contributed by atoms with van der Waals surface area (Å²) >= 11 is 0. The molecule has 0 radical (unpaired) electrons. The topological polar surface area (TPSA) is 52.6 Å². The maximum Gasteiger partial charge on any atom is 0.136 e.